The molecular formula is C22H20FN9. The smallest absolute Gasteiger partial charge is 0.133 e. The quantitative estimate of drug-likeness (QED) is 0.377. The van der Waals surface area contributed by atoms with Crippen molar-refractivity contribution in [2.75, 3.05) is 17.2 Å². The second-order valence-corrected chi connectivity index (χ2v) is 7.58. The molecule has 0 saturated heterocycles. The largest absolute Gasteiger partial charge is 0.398 e. The molecule has 0 saturated carbocycles. The monoisotopic (exact) mass is 429 g/mol. The SMILES string of the molecule is Cn1cc(-c2cc(C(=N)c3cc(N4CCc5nccnc5C4)ncn3)c(N)cc2F)cn1. The summed E-state index contributed by atoms with van der Waals surface area (Å²) >= 11 is 0. The minimum absolute atomic E-state index is 0.0912. The molecule has 0 amide bonds. The average Bonchev–Trinajstić information content (AvgIpc) is 3.24. The van der Waals surface area contributed by atoms with E-state index in [1.165, 1.54) is 12.4 Å². The summed E-state index contributed by atoms with van der Waals surface area (Å²) in [7, 11) is 1.76. The second kappa shape index (κ2) is 7.80. The maximum Gasteiger partial charge on any atom is 0.133 e. The number of nitrogens with zero attached hydrogens (tertiary/aromatic N) is 7. The van der Waals surface area contributed by atoms with Crippen molar-refractivity contribution < 1.29 is 4.39 Å². The molecule has 32 heavy (non-hydrogen) atoms. The first-order valence-corrected chi connectivity index (χ1v) is 10.0. The number of aromatic nitrogens is 6. The summed E-state index contributed by atoms with van der Waals surface area (Å²) in [6, 6.07) is 4.54. The molecule has 0 spiro atoms. The van der Waals surface area contributed by atoms with Crippen molar-refractivity contribution in [2.24, 2.45) is 7.05 Å². The lowest BCUT2D eigenvalue weighted by Crippen LogP contribution is -2.32. The van der Waals surface area contributed by atoms with Crippen molar-refractivity contribution in [1.82, 2.24) is 29.7 Å². The number of nitrogen functional groups attached to an aromatic ring is 1. The minimum atomic E-state index is -0.469. The van der Waals surface area contributed by atoms with E-state index in [0.29, 0.717) is 34.7 Å². The maximum absolute atomic E-state index is 14.6. The number of hydrogen-bond acceptors (Lipinski definition) is 8. The van der Waals surface area contributed by atoms with Gasteiger partial charge in [-0.1, -0.05) is 0 Å². The Morgan fingerprint density at radius 2 is 1.91 bits per heavy atom. The Morgan fingerprint density at radius 1 is 1.09 bits per heavy atom. The topological polar surface area (TPSA) is 122 Å². The van der Waals surface area contributed by atoms with Gasteiger partial charge in [-0.2, -0.15) is 5.10 Å². The molecule has 3 aromatic heterocycles. The maximum atomic E-state index is 14.6. The van der Waals surface area contributed by atoms with Gasteiger partial charge in [-0.05, 0) is 12.1 Å². The first-order chi connectivity index (χ1) is 15.5. The van der Waals surface area contributed by atoms with Crippen LogP contribution in [0.1, 0.15) is 22.6 Å². The molecule has 5 rings (SSSR count). The molecule has 0 unspecified atom stereocenters. The lowest BCUT2D eigenvalue weighted by Gasteiger charge is -2.28. The van der Waals surface area contributed by atoms with Gasteiger partial charge in [0.1, 0.15) is 18.0 Å². The molecule has 0 radical (unpaired) electrons. The van der Waals surface area contributed by atoms with E-state index in [4.69, 9.17) is 11.1 Å². The molecule has 3 N–H and O–H groups in total. The number of rotatable bonds is 4. The van der Waals surface area contributed by atoms with E-state index >= 15 is 0 Å². The number of nitrogens with one attached hydrogen (secondary N) is 1. The highest BCUT2D eigenvalue weighted by Gasteiger charge is 2.21. The second-order valence-electron chi connectivity index (χ2n) is 7.58. The van der Waals surface area contributed by atoms with E-state index < -0.39 is 5.82 Å². The molecule has 10 heteroatoms. The molecule has 9 nitrogen and oxygen atoms in total. The molecule has 160 valence electrons. The normalized spacial score (nSPS) is 13.1. The van der Waals surface area contributed by atoms with E-state index in [-0.39, 0.29) is 11.4 Å². The van der Waals surface area contributed by atoms with Crippen molar-refractivity contribution in [1.29, 1.82) is 5.41 Å². The Labute approximate surface area is 183 Å². The van der Waals surface area contributed by atoms with Crippen LogP contribution in [0.15, 0.2) is 49.3 Å². The Bertz CT molecular complexity index is 1330. The van der Waals surface area contributed by atoms with Crippen molar-refractivity contribution in [3.63, 3.8) is 0 Å². The van der Waals surface area contributed by atoms with Crippen LogP contribution in [0.2, 0.25) is 0 Å². The Balaban J connectivity index is 1.47. The van der Waals surface area contributed by atoms with Crippen LogP contribution in [0.4, 0.5) is 15.9 Å². The zero-order chi connectivity index (χ0) is 22.2. The third kappa shape index (κ3) is 3.55. The van der Waals surface area contributed by atoms with E-state index in [2.05, 4.69) is 29.9 Å². The predicted octanol–water partition coefficient (Wildman–Crippen LogP) is 2.37. The van der Waals surface area contributed by atoms with Gasteiger partial charge in [0.25, 0.3) is 0 Å². The number of aryl methyl sites for hydroxylation is 1. The fourth-order valence-corrected chi connectivity index (χ4v) is 3.81. The summed E-state index contributed by atoms with van der Waals surface area (Å²) in [5.41, 5.74) is 9.97. The Kier molecular flexibility index (Phi) is 4.81. The molecule has 4 aromatic rings. The number of fused-ring (bicyclic) bond motifs is 1. The molecule has 4 heterocycles. The summed E-state index contributed by atoms with van der Waals surface area (Å²) in [4.78, 5) is 19.5. The van der Waals surface area contributed by atoms with Crippen LogP contribution < -0.4 is 10.6 Å². The fraction of sp³-hybridized carbons (Fsp3) is 0.182. The van der Waals surface area contributed by atoms with Crippen molar-refractivity contribution in [3.8, 4) is 11.1 Å². The summed E-state index contributed by atoms with van der Waals surface area (Å²) in [6.07, 6.45) is 8.85. The van der Waals surface area contributed by atoms with Crippen LogP contribution in [-0.4, -0.2) is 42.0 Å². The van der Waals surface area contributed by atoms with Crippen molar-refractivity contribution in [3.05, 3.63) is 77.8 Å². The van der Waals surface area contributed by atoms with E-state index in [1.54, 1.807) is 48.6 Å². The lowest BCUT2D eigenvalue weighted by atomic mass is 9.99. The van der Waals surface area contributed by atoms with E-state index in [0.717, 1.165) is 24.4 Å². The first kappa shape index (κ1) is 19.7. The Morgan fingerprint density at radius 3 is 2.69 bits per heavy atom. The standard InChI is InChI=1S/C22H20FN9/c1-31-10-13(9-30-31)14-6-15(17(24)7-16(14)23)22(25)19-8-21(29-12-28-19)32-5-2-18-20(11-32)27-4-3-26-18/h3-4,6-10,12,25H,2,5,11,24H2,1H3. The Hall–Kier alpha value is -4.21. The number of hydrogen-bond donors (Lipinski definition) is 2. The van der Waals surface area contributed by atoms with Crippen molar-refractivity contribution >= 4 is 17.2 Å². The lowest BCUT2D eigenvalue weighted by molar-refractivity contribution is 0.632. The minimum Gasteiger partial charge on any atom is -0.398 e. The van der Waals surface area contributed by atoms with Crippen LogP contribution in [0.5, 0.6) is 0 Å². The van der Waals surface area contributed by atoms with Gasteiger partial charge < -0.3 is 10.6 Å². The van der Waals surface area contributed by atoms with Crippen LogP contribution in [0.3, 0.4) is 0 Å². The van der Waals surface area contributed by atoms with Gasteiger partial charge >= 0.3 is 0 Å². The average molecular weight is 429 g/mol. The van der Waals surface area contributed by atoms with Gasteiger partial charge in [0.05, 0.1) is 35.5 Å². The van der Waals surface area contributed by atoms with E-state index in [9.17, 15) is 4.39 Å². The summed E-state index contributed by atoms with van der Waals surface area (Å²) in [6.45, 7) is 1.32. The molecular weight excluding hydrogens is 409 g/mol. The van der Waals surface area contributed by atoms with Crippen LogP contribution >= 0.6 is 0 Å². The summed E-state index contributed by atoms with van der Waals surface area (Å²) in [5.74, 6) is 0.215. The fourth-order valence-electron chi connectivity index (χ4n) is 3.81. The van der Waals surface area contributed by atoms with Gasteiger partial charge in [0.2, 0.25) is 0 Å². The molecule has 1 aromatic carbocycles. The zero-order valence-corrected chi connectivity index (χ0v) is 17.3. The molecule has 0 bridgehead atoms. The highest BCUT2D eigenvalue weighted by atomic mass is 19.1. The number of halogens is 1. The summed E-state index contributed by atoms with van der Waals surface area (Å²) < 4.78 is 16.2. The van der Waals surface area contributed by atoms with Crippen molar-refractivity contribution in [2.45, 2.75) is 13.0 Å². The molecule has 1 aliphatic rings. The van der Waals surface area contributed by atoms with Gasteiger partial charge in [-0.3, -0.25) is 20.1 Å². The van der Waals surface area contributed by atoms with Gasteiger partial charge in [-0.15, -0.1) is 0 Å². The number of anilines is 2. The zero-order valence-electron chi connectivity index (χ0n) is 17.3. The van der Waals surface area contributed by atoms with Gasteiger partial charge in [0.15, 0.2) is 0 Å². The third-order valence-electron chi connectivity index (χ3n) is 5.48. The molecule has 1 aliphatic heterocycles. The van der Waals surface area contributed by atoms with E-state index in [1.807, 2.05) is 0 Å². The van der Waals surface area contributed by atoms with Crippen LogP contribution in [0, 0.1) is 11.2 Å². The third-order valence-corrected chi connectivity index (χ3v) is 5.48. The molecule has 0 aliphatic carbocycles. The molecule has 0 atom stereocenters. The number of nitrogens with two attached hydrogens (primary N) is 1. The highest BCUT2D eigenvalue weighted by molar-refractivity contribution is 6.13. The van der Waals surface area contributed by atoms with Gasteiger partial charge in [0, 0.05) is 67.0 Å². The predicted molar refractivity (Wildman–Crippen MR) is 118 cm³/mol. The number of benzene rings is 1. The highest BCUT2D eigenvalue weighted by Crippen LogP contribution is 2.29. The first-order valence-electron chi connectivity index (χ1n) is 10.0. The van der Waals surface area contributed by atoms with Gasteiger partial charge in [-0.25, -0.2) is 14.4 Å². The van der Waals surface area contributed by atoms with Crippen LogP contribution in [-0.2, 0) is 20.0 Å². The molecule has 0 fully saturated rings. The summed E-state index contributed by atoms with van der Waals surface area (Å²) in [5, 5.41) is 12.8. The van der Waals surface area contributed by atoms with Crippen LogP contribution in [0.25, 0.3) is 11.1 Å².